The van der Waals surface area contributed by atoms with Crippen molar-refractivity contribution in [2.24, 2.45) is 0 Å². The summed E-state index contributed by atoms with van der Waals surface area (Å²) in [5.74, 6) is 0.944. The van der Waals surface area contributed by atoms with Crippen LogP contribution in [0.25, 0.3) is 0 Å². The molecule has 3 nitrogen and oxygen atoms in total. The molecule has 1 N–H and O–H groups in total. The molecule has 1 aromatic heterocycles. The standard InChI is InChI=1S/C14H15BrClN3/c1-19(2)14-6-4-11(9-18-14)17-8-10-3-5-13(16)12(15)7-10/h3-7,9,17H,8H2,1-2H3. The van der Waals surface area contributed by atoms with Crippen molar-refractivity contribution in [1.82, 2.24) is 4.98 Å². The number of rotatable bonds is 4. The normalized spacial score (nSPS) is 10.3. The summed E-state index contributed by atoms with van der Waals surface area (Å²) in [6.07, 6.45) is 1.83. The average molecular weight is 341 g/mol. The molecule has 2 rings (SSSR count). The fourth-order valence-electron chi connectivity index (χ4n) is 1.61. The van der Waals surface area contributed by atoms with Crippen molar-refractivity contribution >= 4 is 39.0 Å². The molecule has 100 valence electrons. The van der Waals surface area contributed by atoms with E-state index in [9.17, 15) is 0 Å². The maximum Gasteiger partial charge on any atom is 0.128 e. The van der Waals surface area contributed by atoms with Gasteiger partial charge in [0, 0.05) is 25.1 Å². The van der Waals surface area contributed by atoms with Crippen LogP contribution in [0.1, 0.15) is 5.56 Å². The number of halogens is 2. The number of nitrogens with one attached hydrogen (secondary N) is 1. The molecule has 0 spiro atoms. The summed E-state index contributed by atoms with van der Waals surface area (Å²) < 4.78 is 0.912. The maximum absolute atomic E-state index is 5.96. The van der Waals surface area contributed by atoms with Gasteiger partial charge in [-0.1, -0.05) is 17.7 Å². The highest BCUT2D eigenvalue weighted by molar-refractivity contribution is 9.10. The van der Waals surface area contributed by atoms with Crippen molar-refractivity contribution in [3.05, 3.63) is 51.6 Å². The zero-order chi connectivity index (χ0) is 13.8. The molecule has 1 heterocycles. The van der Waals surface area contributed by atoms with Crippen LogP contribution in [0.4, 0.5) is 11.5 Å². The molecular weight excluding hydrogens is 326 g/mol. The molecule has 0 aliphatic heterocycles. The number of anilines is 2. The lowest BCUT2D eigenvalue weighted by Crippen LogP contribution is -2.10. The van der Waals surface area contributed by atoms with Gasteiger partial charge in [0.1, 0.15) is 5.82 Å². The van der Waals surface area contributed by atoms with Crippen molar-refractivity contribution in [3.63, 3.8) is 0 Å². The number of hydrogen-bond acceptors (Lipinski definition) is 3. The lowest BCUT2D eigenvalue weighted by molar-refractivity contribution is 1.06. The van der Waals surface area contributed by atoms with Crippen molar-refractivity contribution in [1.29, 1.82) is 0 Å². The Balaban J connectivity index is 2.00. The number of benzene rings is 1. The largest absolute Gasteiger partial charge is 0.380 e. The number of pyridine rings is 1. The number of hydrogen-bond donors (Lipinski definition) is 1. The maximum atomic E-state index is 5.96. The van der Waals surface area contributed by atoms with Gasteiger partial charge in [0.2, 0.25) is 0 Å². The van der Waals surface area contributed by atoms with Crippen LogP contribution in [0.5, 0.6) is 0 Å². The van der Waals surface area contributed by atoms with Gasteiger partial charge in [-0.25, -0.2) is 4.98 Å². The van der Waals surface area contributed by atoms with Crippen molar-refractivity contribution in [2.75, 3.05) is 24.3 Å². The minimum Gasteiger partial charge on any atom is -0.380 e. The summed E-state index contributed by atoms with van der Waals surface area (Å²) in [6, 6.07) is 9.90. The minimum atomic E-state index is 0.723. The van der Waals surface area contributed by atoms with Crippen LogP contribution in [-0.4, -0.2) is 19.1 Å². The Morgan fingerprint density at radius 1 is 1.26 bits per heavy atom. The van der Waals surface area contributed by atoms with Crippen LogP contribution in [-0.2, 0) is 6.54 Å². The van der Waals surface area contributed by atoms with Gasteiger partial charge in [-0.2, -0.15) is 0 Å². The molecule has 0 bridgehead atoms. The van der Waals surface area contributed by atoms with E-state index in [1.54, 1.807) is 0 Å². The highest BCUT2D eigenvalue weighted by Gasteiger charge is 2.00. The molecule has 0 fully saturated rings. The van der Waals surface area contributed by atoms with E-state index >= 15 is 0 Å². The van der Waals surface area contributed by atoms with Gasteiger partial charge in [0.15, 0.2) is 0 Å². The molecule has 1 aromatic carbocycles. The second-order valence-electron chi connectivity index (χ2n) is 4.40. The van der Waals surface area contributed by atoms with Crippen LogP contribution in [0.15, 0.2) is 41.0 Å². The van der Waals surface area contributed by atoms with E-state index in [0.29, 0.717) is 0 Å². The molecule has 0 saturated heterocycles. The molecule has 0 radical (unpaired) electrons. The molecule has 0 aliphatic rings. The lowest BCUT2D eigenvalue weighted by Gasteiger charge is -2.12. The van der Waals surface area contributed by atoms with Crippen LogP contribution in [0.2, 0.25) is 5.02 Å². The highest BCUT2D eigenvalue weighted by Crippen LogP contribution is 2.23. The van der Waals surface area contributed by atoms with Crippen LogP contribution < -0.4 is 10.2 Å². The van der Waals surface area contributed by atoms with Crippen LogP contribution in [0, 0.1) is 0 Å². The van der Waals surface area contributed by atoms with E-state index in [1.807, 2.05) is 55.5 Å². The van der Waals surface area contributed by atoms with E-state index in [1.165, 1.54) is 0 Å². The first-order valence-electron chi connectivity index (χ1n) is 5.87. The predicted octanol–water partition coefficient (Wildman–Crippen LogP) is 4.18. The second kappa shape index (κ2) is 6.26. The van der Waals surface area contributed by atoms with Crippen molar-refractivity contribution in [3.8, 4) is 0 Å². The average Bonchev–Trinajstić information content (AvgIpc) is 2.40. The zero-order valence-electron chi connectivity index (χ0n) is 10.8. The quantitative estimate of drug-likeness (QED) is 0.905. The van der Waals surface area contributed by atoms with Gasteiger partial charge in [-0.05, 0) is 45.8 Å². The first-order valence-corrected chi connectivity index (χ1v) is 7.04. The van der Waals surface area contributed by atoms with Crippen LogP contribution in [0.3, 0.4) is 0 Å². The molecule has 19 heavy (non-hydrogen) atoms. The monoisotopic (exact) mass is 339 g/mol. The van der Waals surface area contributed by atoms with E-state index in [2.05, 4.69) is 26.2 Å². The summed E-state index contributed by atoms with van der Waals surface area (Å²) in [6.45, 7) is 0.735. The lowest BCUT2D eigenvalue weighted by atomic mass is 10.2. The van der Waals surface area contributed by atoms with Gasteiger partial charge in [0.25, 0.3) is 0 Å². The van der Waals surface area contributed by atoms with Crippen LogP contribution >= 0.6 is 27.5 Å². The third-order valence-corrected chi connectivity index (χ3v) is 3.90. The number of aromatic nitrogens is 1. The summed E-state index contributed by atoms with van der Waals surface area (Å²) in [5, 5.41) is 4.05. The molecule has 2 aromatic rings. The van der Waals surface area contributed by atoms with E-state index in [4.69, 9.17) is 11.6 Å². The Morgan fingerprint density at radius 3 is 2.63 bits per heavy atom. The highest BCUT2D eigenvalue weighted by atomic mass is 79.9. The molecule has 0 unspecified atom stereocenters. The Hall–Kier alpha value is -1.26. The Kier molecular flexibility index (Phi) is 4.66. The van der Waals surface area contributed by atoms with Gasteiger partial charge < -0.3 is 10.2 Å². The van der Waals surface area contributed by atoms with Gasteiger partial charge in [-0.3, -0.25) is 0 Å². The molecular formula is C14H15BrClN3. The topological polar surface area (TPSA) is 28.2 Å². The third kappa shape index (κ3) is 3.85. The molecule has 5 heteroatoms. The Bertz CT molecular complexity index is 555. The van der Waals surface area contributed by atoms with E-state index < -0.39 is 0 Å². The summed E-state index contributed by atoms with van der Waals surface area (Å²) in [7, 11) is 3.95. The summed E-state index contributed by atoms with van der Waals surface area (Å²) in [4.78, 5) is 6.33. The molecule has 0 aliphatic carbocycles. The van der Waals surface area contributed by atoms with Gasteiger partial charge in [0.05, 0.1) is 16.9 Å². The zero-order valence-corrected chi connectivity index (χ0v) is 13.2. The third-order valence-electron chi connectivity index (χ3n) is 2.69. The fourth-order valence-corrected chi connectivity index (χ4v) is 2.15. The number of nitrogens with zero attached hydrogens (tertiary/aromatic N) is 2. The fraction of sp³-hybridized carbons (Fsp3) is 0.214. The Labute approximate surface area is 126 Å². The van der Waals surface area contributed by atoms with Crippen molar-refractivity contribution in [2.45, 2.75) is 6.54 Å². The van der Waals surface area contributed by atoms with E-state index in [0.717, 1.165) is 33.1 Å². The minimum absolute atomic E-state index is 0.723. The molecule has 0 amide bonds. The first kappa shape index (κ1) is 14.2. The first-order chi connectivity index (χ1) is 9.06. The van der Waals surface area contributed by atoms with Crippen molar-refractivity contribution < 1.29 is 0 Å². The molecule has 0 saturated carbocycles. The smallest absolute Gasteiger partial charge is 0.128 e. The van der Waals surface area contributed by atoms with Gasteiger partial charge in [-0.15, -0.1) is 0 Å². The second-order valence-corrected chi connectivity index (χ2v) is 5.66. The van der Waals surface area contributed by atoms with Gasteiger partial charge >= 0.3 is 0 Å². The predicted molar refractivity (Wildman–Crippen MR) is 85.0 cm³/mol. The summed E-state index contributed by atoms with van der Waals surface area (Å²) >= 11 is 9.38. The van der Waals surface area contributed by atoms with E-state index in [-0.39, 0.29) is 0 Å². The summed E-state index contributed by atoms with van der Waals surface area (Å²) in [5.41, 5.74) is 2.16. The SMILES string of the molecule is CN(C)c1ccc(NCc2ccc(Cl)c(Br)c2)cn1. The molecule has 0 atom stereocenters. The Morgan fingerprint density at radius 2 is 2.05 bits per heavy atom.